The summed E-state index contributed by atoms with van der Waals surface area (Å²) in [6.07, 6.45) is 0.277. The zero-order valence-electron chi connectivity index (χ0n) is 28.7. The molecular formula is C35H53N5O5Si. The average molecular weight is 652 g/mol. The predicted molar refractivity (Wildman–Crippen MR) is 185 cm³/mol. The minimum absolute atomic E-state index is 0.0127. The molecule has 10 nitrogen and oxygen atoms in total. The molecule has 0 fully saturated rings. The Balaban J connectivity index is 1.95. The molecule has 0 saturated heterocycles. The predicted octanol–water partition coefficient (Wildman–Crippen LogP) is 2.24. The van der Waals surface area contributed by atoms with E-state index in [1.54, 1.807) is 0 Å². The van der Waals surface area contributed by atoms with Gasteiger partial charge in [-0.1, -0.05) is 115 Å². The number of hydrogen-bond donors (Lipinski definition) is 5. The van der Waals surface area contributed by atoms with Crippen LogP contribution in [-0.4, -0.2) is 63.5 Å². The second kappa shape index (κ2) is 17.1. The molecule has 5 amide bonds. The zero-order valence-corrected chi connectivity index (χ0v) is 29.8. The van der Waals surface area contributed by atoms with E-state index in [2.05, 4.69) is 74.9 Å². The van der Waals surface area contributed by atoms with E-state index >= 15 is 0 Å². The minimum Gasteiger partial charge on any atom is -0.368 e. The van der Waals surface area contributed by atoms with E-state index in [1.165, 1.54) is 5.19 Å². The van der Waals surface area contributed by atoms with Gasteiger partial charge in [0.25, 0.3) is 0 Å². The maximum Gasteiger partial charge on any atom is 0.243 e. The summed E-state index contributed by atoms with van der Waals surface area (Å²) in [5.74, 6) is -2.52. The molecule has 0 aliphatic heterocycles. The third-order valence-electron chi connectivity index (χ3n) is 7.70. The number of hydrogen-bond acceptors (Lipinski definition) is 5. The van der Waals surface area contributed by atoms with Gasteiger partial charge in [0.1, 0.15) is 12.1 Å². The second-order valence-corrected chi connectivity index (χ2v) is 19.4. The summed E-state index contributed by atoms with van der Waals surface area (Å²) in [5.41, 5.74) is 6.84. The fraction of sp³-hybridized carbons (Fsp3) is 0.514. The van der Waals surface area contributed by atoms with Crippen molar-refractivity contribution in [1.82, 2.24) is 21.3 Å². The van der Waals surface area contributed by atoms with Gasteiger partial charge in [-0.2, -0.15) is 0 Å². The number of rotatable bonds is 15. The maximum atomic E-state index is 13.0. The number of primary amides is 1. The van der Waals surface area contributed by atoms with Gasteiger partial charge in [-0.05, 0) is 27.1 Å². The van der Waals surface area contributed by atoms with Crippen molar-refractivity contribution in [1.29, 1.82) is 0 Å². The van der Waals surface area contributed by atoms with Crippen molar-refractivity contribution >= 4 is 43.5 Å². The summed E-state index contributed by atoms with van der Waals surface area (Å²) in [6.45, 7) is 17.2. The molecule has 252 valence electrons. The van der Waals surface area contributed by atoms with Crippen molar-refractivity contribution in [2.45, 2.75) is 96.8 Å². The number of benzene rings is 2. The molecule has 2 aromatic rings. The third kappa shape index (κ3) is 12.8. The molecule has 2 atom stereocenters. The van der Waals surface area contributed by atoms with Gasteiger partial charge >= 0.3 is 0 Å². The van der Waals surface area contributed by atoms with Gasteiger partial charge in [-0.15, -0.1) is 0 Å². The first-order valence-electron chi connectivity index (χ1n) is 15.9. The molecule has 0 saturated carbocycles. The lowest BCUT2D eigenvalue weighted by molar-refractivity contribution is -0.131. The Kier molecular flexibility index (Phi) is 14.2. The Labute approximate surface area is 275 Å². The van der Waals surface area contributed by atoms with Crippen LogP contribution < -0.4 is 32.2 Å². The van der Waals surface area contributed by atoms with E-state index in [0.717, 1.165) is 11.1 Å². The summed E-state index contributed by atoms with van der Waals surface area (Å²) in [5, 5.41) is 12.5. The molecule has 2 aromatic carbocycles. The van der Waals surface area contributed by atoms with Crippen LogP contribution in [0, 0.1) is 5.92 Å². The Bertz CT molecular complexity index is 1320. The number of amides is 5. The van der Waals surface area contributed by atoms with Crippen molar-refractivity contribution in [3.63, 3.8) is 0 Å². The van der Waals surface area contributed by atoms with Gasteiger partial charge in [0, 0.05) is 19.4 Å². The van der Waals surface area contributed by atoms with Crippen molar-refractivity contribution in [3.8, 4) is 0 Å². The Morgan fingerprint density at radius 2 is 1.33 bits per heavy atom. The van der Waals surface area contributed by atoms with Gasteiger partial charge in [0.2, 0.25) is 29.5 Å². The molecule has 11 heteroatoms. The highest BCUT2D eigenvalue weighted by Gasteiger charge is 2.37. The third-order valence-corrected chi connectivity index (χ3v) is 12.2. The normalized spacial score (nSPS) is 13.1. The molecule has 0 heterocycles. The molecule has 0 radical (unpaired) electrons. The largest absolute Gasteiger partial charge is 0.368 e. The molecule has 0 aliphatic rings. The SMILES string of the molecule is CC(C)C(NC(=O)Cc1ccc([SiH](C(C)(C)C)C(C)(C)C)cc1)C(=O)NCCC(=O)N[C@@H](Cc1ccccc1)C(=O)NCC(N)=O. The summed E-state index contributed by atoms with van der Waals surface area (Å²) >= 11 is 0. The number of carbonyl (C=O) groups is 5. The summed E-state index contributed by atoms with van der Waals surface area (Å²) < 4.78 is 0. The molecule has 46 heavy (non-hydrogen) atoms. The van der Waals surface area contributed by atoms with Crippen LogP contribution in [0.5, 0.6) is 0 Å². The highest BCUT2D eigenvalue weighted by Crippen LogP contribution is 2.41. The quantitative estimate of drug-likeness (QED) is 0.187. The van der Waals surface area contributed by atoms with Gasteiger partial charge in [0.05, 0.1) is 21.8 Å². The molecular weight excluding hydrogens is 599 g/mol. The molecule has 2 rings (SSSR count). The highest BCUT2D eigenvalue weighted by atomic mass is 28.3. The van der Waals surface area contributed by atoms with Crippen LogP contribution in [0.25, 0.3) is 0 Å². The van der Waals surface area contributed by atoms with Crippen LogP contribution in [-0.2, 0) is 36.8 Å². The van der Waals surface area contributed by atoms with Crippen LogP contribution in [0.3, 0.4) is 0 Å². The first-order chi connectivity index (χ1) is 21.4. The average Bonchev–Trinajstić information content (AvgIpc) is 2.94. The lowest BCUT2D eigenvalue weighted by Gasteiger charge is -2.39. The van der Waals surface area contributed by atoms with E-state index in [4.69, 9.17) is 5.73 Å². The molecule has 0 spiro atoms. The minimum atomic E-state index is -1.35. The van der Waals surface area contributed by atoms with Crippen LogP contribution in [0.15, 0.2) is 54.6 Å². The first kappa shape index (κ1) is 38.2. The van der Waals surface area contributed by atoms with Gasteiger partial charge in [0.15, 0.2) is 0 Å². The number of carbonyl (C=O) groups excluding carboxylic acids is 5. The lowest BCUT2D eigenvalue weighted by atomic mass is 10.0. The lowest BCUT2D eigenvalue weighted by Crippen LogP contribution is -2.51. The standard InChI is InChI=1S/C35H53N5O5Si/c1-23(2)31(40-30(43)21-25-14-16-26(17-15-25)46(34(3,4)5)35(6,7)8)33(45)37-19-18-29(42)39-27(32(44)38-22-28(36)41)20-24-12-10-9-11-13-24/h9-17,23,27,31,46H,18-22H2,1-8H3,(H2,36,41)(H,37,45)(H,38,44)(H,39,42)(H,40,43)/t27-,31?/m0/s1. The molecule has 6 N–H and O–H groups in total. The van der Waals surface area contributed by atoms with Crippen molar-refractivity contribution in [3.05, 3.63) is 65.7 Å². The number of nitrogens with two attached hydrogens (primary N) is 1. The van der Waals surface area contributed by atoms with Gasteiger partial charge in [-0.3, -0.25) is 24.0 Å². The van der Waals surface area contributed by atoms with Gasteiger partial charge in [-0.25, -0.2) is 0 Å². The first-order valence-corrected chi connectivity index (χ1v) is 17.7. The molecule has 0 aromatic heterocycles. The summed E-state index contributed by atoms with van der Waals surface area (Å²) in [7, 11) is -1.35. The van der Waals surface area contributed by atoms with E-state index in [-0.39, 0.29) is 54.3 Å². The van der Waals surface area contributed by atoms with E-state index in [9.17, 15) is 24.0 Å². The fourth-order valence-corrected chi connectivity index (χ4v) is 11.3. The van der Waals surface area contributed by atoms with E-state index in [1.807, 2.05) is 56.3 Å². The smallest absolute Gasteiger partial charge is 0.243 e. The fourth-order valence-electron chi connectivity index (χ4n) is 6.10. The summed E-state index contributed by atoms with van der Waals surface area (Å²) in [6, 6.07) is 15.7. The van der Waals surface area contributed by atoms with Crippen molar-refractivity contribution in [2.75, 3.05) is 13.1 Å². The second-order valence-electron chi connectivity index (χ2n) is 14.4. The van der Waals surface area contributed by atoms with Crippen LogP contribution >= 0.6 is 0 Å². The molecule has 1 unspecified atom stereocenters. The Hall–Kier alpha value is -3.99. The Morgan fingerprint density at radius 1 is 0.739 bits per heavy atom. The van der Waals surface area contributed by atoms with E-state index < -0.39 is 44.5 Å². The van der Waals surface area contributed by atoms with Crippen LogP contribution in [0.2, 0.25) is 10.1 Å². The summed E-state index contributed by atoms with van der Waals surface area (Å²) in [4.78, 5) is 62.5. The van der Waals surface area contributed by atoms with Crippen molar-refractivity contribution < 1.29 is 24.0 Å². The monoisotopic (exact) mass is 651 g/mol. The maximum absolute atomic E-state index is 13.0. The van der Waals surface area contributed by atoms with Gasteiger partial charge < -0.3 is 27.0 Å². The molecule has 0 bridgehead atoms. The Morgan fingerprint density at radius 3 is 1.85 bits per heavy atom. The number of nitrogens with one attached hydrogen (secondary N) is 4. The molecule has 0 aliphatic carbocycles. The zero-order chi connectivity index (χ0) is 34.7. The van der Waals surface area contributed by atoms with E-state index in [0.29, 0.717) is 0 Å². The van der Waals surface area contributed by atoms with Crippen LogP contribution in [0.4, 0.5) is 0 Å². The topological polar surface area (TPSA) is 159 Å². The highest BCUT2D eigenvalue weighted by molar-refractivity contribution is 6.78. The van der Waals surface area contributed by atoms with Crippen molar-refractivity contribution in [2.24, 2.45) is 11.7 Å². The van der Waals surface area contributed by atoms with Crippen LogP contribution in [0.1, 0.15) is 72.9 Å².